The molecule has 4 nitrogen and oxygen atoms in total. The molecule has 1 aromatic rings. The zero-order valence-electron chi connectivity index (χ0n) is 10.5. The Kier molecular flexibility index (Phi) is 2.92. The number of likely N-dealkylation sites (tertiary alicyclic amines) is 1. The minimum Gasteiger partial charge on any atom is -0.345 e. The molecular weight excluding hydrogens is 212 g/mol. The van der Waals surface area contributed by atoms with Crippen LogP contribution in [-0.2, 0) is 0 Å². The van der Waals surface area contributed by atoms with Gasteiger partial charge in [0, 0.05) is 29.8 Å². The number of rotatable bonds is 2. The fraction of sp³-hybridized carbons (Fsp3) is 0.769. The highest BCUT2D eigenvalue weighted by molar-refractivity contribution is 5.14. The number of imidazole rings is 1. The van der Waals surface area contributed by atoms with Crippen LogP contribution in [-0.4, -0.2) is 41.0 Å². The van der Waals surface area contributed by atoms with Crippen molar-refractivity contribution in [2.75, 3.05) is 20.1 Å². The second kappa shape index (κ2) is 4.42. The molecule has 17 heavy (non-hydrogen) atoms. The summed E-state index contributed by atoms with van der Waals surface area (Å²) < 4.78 is 0. The van der Waals surface area contributed by atoms with Crippen molar-refractivity contribution in [2.45, 2.75) is 43.6 Å². The van der Waals surface area contributed by atoms with Crippen LogP contribution >= 0.6 is 0 Å². The van der Waals surface area contributed by atoms with E-state index in [-0.39, 0.29) is 0 Å². The van der Waals surface area contributed by atoms with Crippen molar-refractivity contribution in [3.8, 4) is 0 Å². The summed E-state index contributed by atoms with van der Waals surface area (Å²) in [6.07, 6.45) is 6.75. The van der Waals surface area contributed by atoms with E-state index >= 15 is 0 Å². The fourth-order valence-corrected chi connectivity index (χ4v) is 2.97. The Morgan fingerprint density at radius 1 is 1.29 bits per heavy atom. The van der Waals surface area contributed by atoms with E-state index in [9.17, 15) is 0 Å². The highest BCUT2D eigenvalue weighted by Crippen LogP contribution is 2.35. The van der Waals surface area contributed by atoms with Crippen LogP contribution in [0.2, 0.25) is 0 Å². The Morgan fingerprint density at radius 2 is 2.00 bits per heavy atom. The third-order valence-electron chi connectivity index (χ3n) is 4.33. The molecule has 4 heteroatoms. The van der Waals surface area contributed by atoms with Crippen molar-refractivity contribution in [3.63, 3.8) is 0 Å². The second-order valence-corrected chi connectivity index (χ2v) is 5.73. The van der Waals surface area contributed by atoms with Gasteiger partial charge in [-0.2, -0.15) is 0 Å². The molecule has 0 bridgehead atoms. The van der Waals surface area contributed by atoms with Crippen molar-refractivity contribution < 1.29 is 0 Å². The van der Waals surface area contributed by atoms with E-state index in [2.05, 4.69) is 28.1 Å². The van der Waals surface area contributed by atoms with Crippen molar-refractivity contribution in [3.05, 3.63) is 17.7 Å². The maximum atomic E-state index is 5.82. The van der Waals surface area contributed by atoms with Crippen molar-refractivity contribution in [2.24, 2.45) is 5.73 Å². The molecule has 0 atom stereocenters. The van der Waals surface area contributed by atoms with E-state index in [0.717, 1.165) is 12.8 Å². The zero-order valence-corrected chi connectivity index (χ0v) is 10.5. The molecule has 1 aliphatic heterocycles. The largest absolute Gasteiger partial charge is 0.345 e. The molecule has 0 radical (unpaired) electrons. The Morgan fingerprint density at radius 3 is 2.65 bits per heavy atom. The van der Waals surface area contributed by atoms with Crippen molar-refractivity contribution in [1.82, 2.24) is 14.9 Å². The Balaban J connectivity index is 1.64. The van der Waals surface area contributed by atoms with Gasteiger partial charge in [-0.3, -0.25) is 0 Å². The van der Waals surface area contributed by atoms with Crippen molar-refractivity contribution >= 4 is 0 Å². The molecule has 0 aromatic carbocycles. The van der Waals surface area contributed by atoms with E-state index in [0.29, 0.717) is 17.9 Å². The van der Waals surface area contributed by atoms with Gasteiger partial charge in [0.05, 0.1) is 0 Å². The van der Waals surface area contributed by atoms with Gasteiger partial charge in [-0.25, -0.2) is 4.98 Å². The van der Waals surface area contributed by atoms with Gasteiger partial charge in [-0.15, -0.1) is 0 Å². The Hall–Kier alpha value is -0.870. The van der Waals surface area contributed by atoms with Crippen LogP contribution in [0.5, 0.6) is 0 Å². The van der Waals surface area contributed by atoms with E-state index in [1.54, 1.807) is 0 Å². The molecule has 1 saturated carbocycles. The Labute approximate surface area is 103 Å². The van der Waals surface area contributed by atoms with Crippen LogP contribution < -0.4 is 5.73 Å². The number of H-pyrrole nitrogens is 1. The topological polar surface area (TPSA) is 57.9 Å². The lowest BCUT2D eigenvalue weighted by Gasteiger charge is -2.31. The molecule has 1 aliphatic carbocycles. The van der Waals surface area contributed by atoms with Gasteiger partial charge in [0.2, 0.25) is 0 Å². The summed E-state index contributed by atoms with van der Waals surface area (Å²) in [5.74, 6) is 2.44. The summed E-state index contributed by atoms with van der Waals surface area (Å²) in [6.45, 7) is 2.40. The predicted molar refractivity (Wildman–Crippen MR) is 68.0 cm³/mol. The molecule has 3 rings (SSSR count). The lowest BCUT2D eigenvalue weighted by molar-refractivity contribution is 0.253. The van der Waals surface area contributed by atoms with Crippen LogP contribution in [0.3, 0.4) is 0 Å². The van der Waals surface area contributed by atoms with E-state index in [1.165, 1.54) is 37.4 Å². The maximum absolute atomic E-state index is 5.82. The number of aromatic amines is 1. The minimum absolute atomic E-state index is 0.400. The van der Waals surface area contributed by atoms with Crippen molar-refractivity contribution in [1.29, 1.82) is 0 Å². The average molecular weight is 234 g/mol. The predicted octanol–water partition coefficient (Wildman–Crippen LogP) is 1.42. The van der Waals surface area contributed by atoms with Crippen LogP contribution in [0, 0.1) is 0 Å². The Bertz CT molecular complexity index is 373. The van der Waals surface area contributed by atoms with Crippen LogP contribution in [0.4, 0.5) is 0 Å². The quantitative estimate of drug-likeness (QED) is 0.813. The summed E-state index contributed by atoms with van der Waals surface area (Å²) >= 11 is 0. The van der Waals surface area contributed by atoms with Gasteiger partial charge in [0.1, 0.15) is 5.82 Å². The summed E-state index contributed by atoms with van der Waals surface area (Å²) in [4.78, 5) is 10.5. The molecule has 0 spiro atoms. The summed E-state index contributed by atoms with van der Waals surface area (Å²) in [6, 6.07) is 0.400. The van der Waals surface area contributed by atoms with E-state index in [1.807, 2.05) is 0 Å². The first-order chi connectivity index (χ1) is 8.22. The monoisotopic (exact) mass is 234 g/mol. The molecule has 1 aromatic heterocycles. The summed E-state index contributed by atoms with van der Waals surface area (Å²) in [7, 11) is 2.20. The molecule has 2 aliphatic rings. The molecule has 1 saturated heterocycles. The molecule has 2 fully saturated rings. The highest BCUT2D eigenvalue weighted by atomic mass is 15.1. The molecule has 2 heterocycles. The van der Waals surface area contributed by atoms with Gasteiger partial charge in [-0.1, -0.05) is 0 Å². The van der Waals surface area contributed by atoms with Gasteiger partial charge in [0.15, 0.2) is 0 Å². The lowest BCUT2D eigenvalue weighted by Crippen LogP contribution is -2.35. The van der Waals surface area contributed by atoms with Crippen LogP contribution in [0.1, 0.15) is 49.0 Å². The number of piperidine rings is 1. The number of nitrogens with one attached hydrogen (secondary N) is 1. The third-order valence-corrected chi connectivity index (χ3v) is 4.33. The molecule has 94 valence electrons. The minimum atomic E-state index is 0.400. The third kappa shape index (κ3) is 2.24. The highest BCUT2D eigenvalue weighted by Gasteiger charge is 2.30. The van der Waals surface area contributed by atoms with E-state index in [4.69, 9.17) is 5.73 Å². The first-order valence-corrected chi connectivity index (χ1v) is 6.71. The fourth-order valence-electron chi connectivity index (χ4n) is 2.97. The number of hydrogen-bond acceptors (Lipinski definition) is 3. The second-order valence-electron chi connectivity index (χ2n) is 5.73. The molecular formula is C13H22N4. The SMILES string of the molecule is CN1CCC(c2cnc(C3CC(N)C3)[nH]2)CC1. The number of hydrogen-bond donors (Lipinski definition) is 2. The lowest BCUT2D eigenvalue weighted by atomic mass is 9.80. The first-order valence-electron chi connectivity index (χ1n) is 6.71. The van der Waals surface area contributed by atoms with Gasteiger partial charge < -0.3 is 15.6 Å². The number of nitrogens with zero attached hydrogens (tertiary/aromatic N) is 2. The average Bonchev–Trinajstić information content (AvgIpc) is 2.75. The smallest absolute Gasteiger partial charge is 0.109 e. The normalized spacial score (nSPS) is 31.4. The van der Waals surface area contributed by atoms with E-state index < -0.39 is 0 Å². The zero-order chi connectivity index (χ0) is 11.8. The molecule has 3 N–H and O–H groups in total. The molecule has 0 unspecified atom stereocenters. The number of aromatic nitrogens is 2. The first kappa shape index (κ1) is 11.2. The summed E-state index contributed by atoms with van der Waals surface area (Å²) in [5.41, 5.74) is 7.17. The van der Waals surface area contributed by atoms with Gasteiger partial charge in [0.25, 0.3) is 0 Å². The van der Waals surface area contributed by atoms with Crippen LogP contribution in [0.25, 0.3) is 0 Å². The molecule has 0 amide bonds. The van der Waals surface area contributed by atoms with Gasteiger partial charge >= 0.3 is 0 Å². The van der Waals surface area contributed by atoms with Gasteiger partial charge in [-0.05, 0) is 45.8 Å². The van der Waals surface area contributed by atoms with Crippen LogP contribution in [0.15, 0.2) is 6.20 Å². The standard InChI is InChI=1S/C13H22N4/c1-17-4-2-9(3-5-17)12-8-15-13(16-12)10-6-11(14)7-10/h8-11H,2-7,14H2,1H3,(H,15,16). The number of nitrogens with two attached hydrogens (primary N) is 1. The summed E-state index contributed by atoms with van der Waals surface area (Å²) in [5, 5.41) is 0. The maximum Gasteiger partial charge on any atom is 0.109 e.